The highest BCUT2D eigenvalue weighted by Gasteiger charge is 2.39. The summed E-state index contributed by atoms with van der Waals surface area (Å²) in [6.07, 6.45) is 2.09. The maximum atomic E-state index is 13.8. The third kappa shape index (κ3) is 4.90. The Hall–Kier alpha value is -1.41. The minimum Gasteiger partial charge on any atom is -0.384 e. The third-order valence-electron chi connectivity index (χ3n) is 5.05. The van der Waals surface area contributed by atoms with Gasteiger partial charge < -0.3 is 19.9 Å². The second-order valence-corrected chi connectivity index (χ2v) is 6.66. The number of benzene rings is 1. The molecule has 1 fully saturated rings. The highest BCUT2D eigenvalue weighted by Crippen LogP contribution is 2.29. The van der Waals surface area contributed by atoms with Gasteiger partial charge in [-0.25, -0.2) is 9.37 Å². The molecule has 3 rings (SSSR count). The van der Waals surface area contributed by atoms with Crippen LogP contribution in [0.1, 0.15) is 18.7 Å². The van der Waals surface area contributed by atoms with Crippen molar-refractivity contribution in [1.29, 1.82) is 0 Å². The molecule has 1 amide bonds. The molecule has 1 aliphatic rings. The molecule has 9 heteroatoms. The number of fused-ring (bicyclic) bond motifs is 1. The van der Waals surface area contributed by atoms with E-state index < -0.39 is 5.41 Å². The summed E-state index contributed by atoms with van der Waals surface area (Å²) in [4.78, 5) is 17.1. The van der Waals surface area contributed by atoms with Crippen molar-refractivity contribution in [3.8, 4) is 0 Å². The first kappa shape index (κ1) is 23.6. The fourth-order valence-corrected chi connectivity index (χ4v) is 3.55. The number of amides is 1. The third-order valence-corrected chi connectivity index (χ3v) is 5.05. The Bertz CT molecular complexity index is 758. The number of hydrogen-bond acceptors (Lipinski definition) is 4. The molecule has 0 unspecified atom stereocenters. The first-order valence-electron chi connectivity index (χ1n) is 8.65. The molecule has 2 heterocycles. The van der Waals surface area contributed by atoms with E-state index in [9.17, 15) is 9.18 Å². The smallest absolute Gasteiger partial charge is 0.228 e. The molecule has 2 N–H and O–H groups in total. The van der Waals surface area contributed by atoms with Crippen LogP contribution in [0.2, 0.25) is 0 Å². The number of hydrogen-bond donors (Lipinski definition) is 2. The van der Waals surface area contributed by atoms with Gasteiger partial charge in [0.1, 0.15) is 11.3 Å². The fraction of sp³-hybridized carbons (Fsp3) is 0.556. The minimum absolute atomic E-state index is 0. The predicted octanol–water partition coefficient (Wildman–Crippen LogP) is 2.23. The summed E-state index contributed by atoms with van der Waals surface area (Å²) < 4.78 is 21.0. The van der Waals surface area contributed by atoms with Crippen LogP contribution in [0.4, 0.5) is 4.39 Å². The second kappa shape index (κ2) is 10.2. The lowest BCUT2D eigenvalue weighted by Gasteiger charge is -2.35. The van der Waals surface area contributed by atoms with Crippen molar-refractivity contribution in [3.05, 3.63) is 29.8 Å². The molecule has 2 aromatic rings. The molecule has 152 valence electrons. The van der Waals surface area contributed by atoms with E-state index in [2.05, 4.69) is 15.6 Å². The number of nitrogens with one attached hydrogen (secondary N) is 2. The van der Waals surface area contributed by atoms with Crippen LogP contribution < -0.4 is 10.6 Å². The van der Waals surface area contributed by atoms with Crippen LogP contribution in [-0.2, 0) is 23.0 Å². The topological polar surface area (TPSA) is 68.2 Å². The van der Waals surface area contributed by atoms with Crippen LogP contribution in [0.3, 0.4) is 0 Å². The molecule has 6 nitrogen and oxygen atoms in total. The first-order valence-corrected chi connectivity index (χ1v) is 8.65. The number of aromatic nitrogens is 2. The highest BCUT2D eigenvalue weighted by atomic mass is 35.5. The van der Waals surface area contributed by atoms with Crippen molar-refractivity contribution in [2.75, 3.05) is 33.4 Å². The van der Waals surface area contributed by atoms with Crippen LogP contribution in [0.5, 0.6) is 0 Å². The molecule has 0 atom stereocenters. The number of ether oxygens (including phenoxy) is 1. The zero-order valence-corrected chi connectivity index (χ0v) is 17.2. The summed E-state index contributed by atoms with van der Waals surface area (Å²) in [5, 5.41) is 6.30. The molecule has 1 aliphatic heterocycles. The number of para-hydroxylation sites is 1. The SMILES string of the molecule is COCC1(C(=O)NCCc2nc3c(F)cccc3n2C)CCNCC1.Cl.Cl. The van der Waals surface area contributed by atoms with Gasteiger partial charge in [0.2, 0.25) is 5.91 Å². The van der Waals surface area contributed by atoms with Gasteiger partial charge in [-0.15, -0.1) is 24.8 Å². The number of aryl methyl sites for hydroxylation is 1. The van der Waals surface area contributed by atoms with E-state index >= 15 is 0 Å². The zero-order chi connectivity index (χ0) is 17.9. The van der Waals surface area contributed by atoms with Crippen LogP contribution in [0, 0.1) is 11.2 Å². The first-order chi connectivity index (χ1) is 12.1. The summed E-state index contributed by atoms with van der Waals surface area (Å²) in [5.74, 6) is 0.462. The fourth-order valence-electron chi connectivity index (χ4n) is 3.55. The lowest BCUT2D eigenvalue weighted by atomic mass is 9.78. The van der Waals surface area contributed by atoms with Gasteiger partial charge in [0.05, 0.1) is 17.5 Å². The Labute approximate surface area is 171 Å². The molecular formula is C18H27Cl2FN4O2. The summed E-state index contributed by atoms with van der Waals surface area (Å²) in [5.41, 5.74) is 0.675. The van der Waals surface area contributed by atoms with Gasteiger partial charge in [-0.3, -0.25) is 4.79 Å². The number of piperidine rings is 1. The molecule has 0 saturated carbocycles. The highest BCUT2D eigenvalue weighted by molar-refractivity contribution is 5.85. The van der Waals surface area contributed by atoms with Crippen molar-refractivity contribution in [3.63, 3.8) is 0 Å². The summed E-state index contributed by atoms with van der Waals surface area (Å²) in [6, 6.07) is 4.93. The molecular weight excluding hydrogens is 394 g/mol. The molecule has 27 heavy (non-hydrogen) atoms. The number of nitrogens with zero attached hydrogens (tertiary/aromatic N) is 2. The summed E-state index contributed by atoms with van der Waals surface area (Å²) >= 11 is 0. The largest absolute Gasteiger partial charge is 0.384 e. The number of carbonyl (C=O) groups is 1. The van der Waals surface area contributed by atoms with Crippen molar-refractivity contribution >= 4 is 41.8 Å². The Morgan fingerprint density at radius 2 is 2.07 bits per heavy atom. The summed E-state index contributed by atoms with van der Waals surface area (Å²) in [7, 11) is 3.50. The Morgan fingerprint density at radius 3 is 2.70 bits per heavy atom. The van der Waals surface area contributed by atoms with Crippen LogP contribution in [0.15, 0.2) is 18.2 Å². The normalized spacial score (nSPS) is 15.7. The number of rotatable bonds is 6. The molecule has 1 saturated heterocycles. The quantitative estimate of drug-likeness (QED) is 0.751. The van der Waals surface area contributed by atoms with Crippen LogP contribution >= 0.6 is 24.8 Å². The van der Waals surface area contributed by atoms with Crippen molar-refractivity contribution < 1.29 is 13.9 Å². The maximum absolute atomic E-state index is 13.8. The van der Waals surface area contributed by atoms with Crippen molar-refractivity contribution in [2.24, 2.45) is 12.5 Å². The van der Waals surface area contributed by atoms with E-state index in [4.69, 9.17) is 4.74 Å². The van der Waals surface area contributed by atoms with Gasteiger partial charge in [0.25, 0.3) is 0 Å². The average molecular weight is 421 g/mol. The van der Waals surface area contributed by atoms with Gasteiger partial charge in [-0.2, -0.15) is 0 Å². The van der Waals surface area contributed by atoms with E-state index in [0.717, 1.165) is 37.3 Å². The Balaban J connectivity index is 0.00000182. The molecule has 1 aromatic heterocycles. The van der Waals surface area contributed by atoms with Gasteiger partial charge in [-0.05, 0) is 38.1 Å². The van der Waals surface area contributed by atoms with Gasteiger partial charge in [0.15, 0.2) is 5.82 Å². The van der Waals surface area contributed by atoms with E-state index in [0.29, 0.717) is 25.1 Å². The van der Waals surface area contributed by atoms with E-state index in [1.54, 1.807) is 13.2 Å². The van der Waals surface area contributed by atoms with Gasteiger partial charge >= 0.3 is 0 Å². The lowest BCUT2D eigenvalue weighted by molar-refractivity contribution is -0.136. The monoisotopic (exact) mass is 420 g/mol. The molecule has 1 aromatic carbocycles. The van der Waals surface area contributed by atoms with Crippen molar-refractivity contribution in [1.82, 2.24) is 20.2 Å². The van der Waals surface area contributed by atoms with Crippen molar-refractivity contribution in [2.45, 2.75) is 19.3 Å². The number of halogens is 3. The van der Waals surface area contributed by atoms with E-state index in [1.807, 2.05) is 17.7 Å². The van der Waals surface area contributed by atoms with Gasteiger partial charge in [-0.1, -0.05) is 6.07 Å². The van der Waals surface area contributed by atoms with Crippen LogP contribution in [0.25, 0.3) is 11.0 Å². The Kier molecular flexibility index (Phi) is 8.94. The second-order valence-electron chi connectivity index (χ2n) is 6.66. The van der Waals surface area contributed by atoms with Crippen LogP contribution in [-0.4, -0.2) is 48.8 Å². The standard InChI is InChI=1S/C18H25FN4O2.2ClH/c1-23-14-5-3-4-13(19)16(14)22-15(23)6-9-21-17(24)18(12-25-2)7-10-20-11-8-18;;/h3-5,20H,6-12H2,1-2H3,(H,21,24);2*1H. The number of imidazole rings is 1. The zero-order valence-electron chi connectivity index (χ0n) is 15.6. The molecule has 0 aliphatic carbocycles. The summed E-state index contributed by atoms with van der Waals surface area (Å²) in [6.45, 7) is 2.54. The predicted molar refractivity (Wildman–Crippen MR) is 108 cm³/mol. The van der Waals surface area contributed by atoms with Gasteiger partial charge in [0, 0.05) is 27.1 Å². The van der Waals surface area contributed by atoms with E-state index in [-0.39, 0.29) is 36.5 Å². The molecule has 0 spiro atoms. The lowest BCUT2D eigenvalue weighted by Crippen LogP contribution is -2.50. The number of methoxy groups -OCH3 is 1. The average Bonchev–Trinajstić information content (AvgIpc) is 2.94. The number of carbonyl (C=O) groups excluding carboxylic acids is 1. The minimum atomic E-state index is -0.460. The maximum Gasteiger partial charge on any atom is 0.228 e. The molecule has 0 radical (unpaired) electrons. The molecule has 0 bridgehead atoms. The van der Waals surface area contributed by atoms with E-state index in [1.165, 1.54) is 6.07 Å². The Morgan fingerprint density at radius 1 is 1.37 bits per heavy atom.